The first-order valence-electron chi connectivity index (χ1n) is 8.11. The molecule has 1 aromatic heterocycles. The molecule has 0 saturated carbocycles. The second-order valence-electron chi connectivity index (χ2n) is 6.66. The fourth-order valence-electron chi connectivity index (χ4n) is 2.89. The molecule has 0 aliphatic carbocycles. The predicted octanol–water partition coefficient (Wildman–Crippen LogP) is 3.22. The van der Waals surface area contributed by atoms with E-state index < -0.39 is 5.60 Å². The minimum absolute atomic E-state index is 0.0892. The molecule has 7 heteroatoms. The van der Waals surface area contributed by atoms with Gasteiger partial charge in [0, 0.05) is 36.1 Å². The van der Waals surface area contributed by atoms with Crippen LogP contribution < -0.4 is 5.32 Å². The van der Waals surface area contributed by atoms with Crippen LogP contribution in [0.5, 0.6) is 0 Å². The summed E-state index contributed by atoms with van der Waals surface area (Å²) in [6.45, 7) is 4.86. The number of rotatable bonds is 3. The molecular formula is C17H22N4O2S. The van der Waals surface area contributed by atoms with Crippen molar-refractivity contribution >= 4 is 22.7 Å². The Morgan fingerprint density at radius 2 is 2.12 bits per heavy atom. The van der Waals surface area contributed by atoms with E-state index in [1.807, 2.05) is 30.3 Å². The van der Waals surface area contributed by atoms with Crippen molar-refractivity contribution in [2.75, 3.05) is 18.4 Å². The maximum absolute atomic E-state index is 12.5. The van der Waals surface area contributed by atoms with Gasteiger partial charge >= 0.3 is 6.03 Å². The number of nitrogens with one attached hydrogen (secondary N) is 1. The van der Waals surface area contributed by atoms with Crippen LogP contribution in [0.3, 0.4) is 0 Å². The van der Waals surface area contributed by atoms with E-state index in [2.05, 4.69) is 14.7 Å². The molecule has 1 aromatic carbocycles. The monoisotopic (exact) mass is 346 g/mol. The number of aliphatic hydroxyl groups is 1. The Morgan fingerprint density at radius 3 is 2.83 bits per heavy atom. The number of hydrogen-bond donors (Lipinski definition) is 2. The van der Waals surface area contributed by atoms with Crippen LogP contribution in [-0.4, -0.2) is 44.1 Å². The second-order valence-corrected chi connectivity index (χ2v) is 7.41. The summed E-state index contributed by atoms with van der Waals surface area (Å²) in [5.41, 5.74) is 0.150. The SMILES string of the molecule is CC(C)(O)[C@H]1CCCN(C(=O)Nc2nc(-c3ccccc3)ns2)C1. The zero-order valence-corrected chi connectivity index (χ0v) is 14.7. The molecule has 1 aliphatic rings. The standard InChI is InChI=1S/C17H22N4O2S/c1-17(2,23)13-9-6-10-21(11-13)16(22)19-15-18-14(20-24-15)12-7-4-3-5-8-12/h3-5,7-8,13,23H,6,9-11H2,1-2H3,(H,18,19,20,22)/t13-/m0/s1. The van der Waals surface area contributed by atoms with Gasteiger partial charge in [-0.1, -0.05) is 30.3 Å². The summed E-state index contributed by atoms with van der Waals surface area (Å²) in [5, 5.41) is 13.5. The summed E-state index contributed by atoms with van der Waals surface area (Å²) in [6, 6.07) is 9.49. The molecule has 0 radical (unpaired) electrons. The molecule has 0 bridgehead atoms. The molecule has 3 rings (SSSR count). The average Bonchev–Trinajstić information content (AvgIpc) is 3.03. The molecule has 6 nitrogen and oxygen atoms in total. The van der Waals surface area contributed by atoms with Crippen molar-refractivity contribution < 1.29 is 9.90 Å². The lowest BCUT2D eigenvalue weighted by Crippen LogP contribution is -2.48. The number of carbonyl (C=O) groups excluding carboxylic acids is 1. The maximum atomic E-state index is 12.5. The molecule has 0 unspecified atom stereocenters. The van der Waals surface area contributed by atoms with Gasteiger partial charge in [-0.25, -0.2) is 4.79 Å². The molecule has 0 spiro atoms. The normalized spacial score (nSPS) is 18.5. The Morgan fingerprint density at radius 1 is 1.38 bits per heavy atom. The smallest absolute Gasteiger partial charge is 0.323 e. The summed E-state index contributed by atoms with van der Waals surface area (Å²) >= 11 is 1.17. The van der Waals surface area contributed by atoms with E-state index >= 15 is 0 Å². The Balaban J connectivity index is 1.64. The highest BCUT2D eigenvalue weighted by atomic mass is 32.1. The van der Waals surface area contributed by atoms with E-state index in [1.165, 1.54) is 11.5 Å². The molecule has 2 heterocycles. The van der Waals surface area contributed by atoms with Crippen LogP contribution in [0.2, 0.25) is 0 Å². The number of hydrogen-bond acceptors (Lipinski definition) is 5. The van der Waals surface area contributed by atoms with Crippen LogP contribution in [0.1, 0.15) is 26.7 Å². The zero-order valence-electron chi connectivity index (χ0n) is 13.9. The molecule has 1 aliphatic heterocycles. The van der Waals surface area contributed by atoms with Crippen LogP contribution in [0.25, 0.3) is 11.4 Å². The van der Waals surface area contributed by atoms with E-state index in [0.717, 1.165) is 18.4 Å². The molecule has 128 valence electrons. The first-order valence-corrected chi connectivity index (χ1v) is 8.88. The summed E-state index contributed by atoms with van der Waals surface area (Å²) in [7, 11) is 0. The topological polar surface area (TPSA) is 78.4 Å². The van der Waals surface area contributed by atoms with Crippen molar-refractivity contribution in [3.05, 3.63) is 30.3 Å². The van der Waals surface area contributed by atoms with Gasteiger partial charge in [0.15, 0.2) is 5.82 Å². The van der Waals surface area contributed by atoms with Crippen molar-refractivity contribution in [3.63, 3.8) is 0 Å². The minimum Gasteiger partial charge on any atom is -0.390 e. The number of aromatic nitrogens is 2. The zero-order chi connectivity index (χ0) is 17.2. The molecule has 24 heavy (non-hydrogen) atoms. The van der Waals surface area contributed by atoms with Gasteiger partial charge in [-0.15, -0.1) is 0 Å². The third-order valence-corrected chi connectivity index (χ3v) is 5.01. The summed E-state index contributed by atoms with van der Waals surface area (Å²) in [4.78, 5) is 18.6. The predicted molar refractivity (Wildman–Crippen MR) is 95.0 cm³/mol. The molecular weight excluding hydrogens is 324 g/mol. The van der Waals surface area contributed by atoms with Crippen LogP contribution in [0.4, 0.5) is 9.93 Å². The van der Waals surface area contributed by atoms with Gasteiger partial charge in [-0.3, -0.25) is 5.32 Å². The van der Waals surface area contributed by atoms with Gasteiger partial charge in [0.2, 0.25) is 5.13 Å². The Hall–Kier alpha value is -1.99. The highest BCUT2D eigenvalue weighted by molar-refractivity contribution is 7.10. The van der Waals surface area contributed by atoms with E-state index in [4.69, 9.17) is 0 Å². The number of likely N-dealkylation sites (tertiary alicyclic amines) is 1. The third kappa shape index (κ3) is 3.91. The Bertz CT molecular complexity index is 696. The first kappa shape index (κ1) is 16.9. The van der Waals surface area contributed by atoms with Gasteiger partial charge < -0.3 is 10.0 Å². The molecule has 2 N–H and O–H groups in total. The van der Waals surface area contributed by atoms with Crippen molar-refractivity contribution in [2.24, 2.45) is 5.92 Å². The number of nitrogens with zero attached hydrogens (tertiary/aromatic N) is 3. The first-order chi connectivity index (χ1) is 11.4. The van der Waals surface area contributed by atoms with Gasteiger partial charge in [0.05, 0.1) is 5.60 Å². The molecule has 1 fully saturated rings. The molecule has 2 amide bonds. The fourth-order valence-corrected chi connectivity index (χ4v) is 3.47. The van der Waals surface area contributed by atoms with Crippen molar-refractivity contribution in [1.82, 2.24) is 14.3 Å². The lowest BCUT2D eigenvalue weighted by atomic mass is 9.84. The lowest BCUT2D eigenvalue weighted by molar-refractivity contribution is -0.00973. The summed E-state index contributed by atoms with van der Waals surface area (Å²) in [5.74, 6) is 0.704. The fraction of sp³-hybridized carbons (Fsp3) is 0.471. The summed E-state index contributed by atoms with van der Waals surface area (Å²) < 4.78 is 4.30. The third-order valence-electron chi connectivity index (χ3n) is 4.38. The molecule has 1 atom stereocenters. The number of urea groups is 1. The largest absolute Gasteiger partial charge is 0.390 e. The van der Waals surface area contributed by atoms with Gasteiger partial charge in [-0.2, -0.15) is 9.36 Å². The quantitative estimate of drug-likeness (QED) is 0.894. The average molecular weight is 346 g/mol. The highest BCUT2D eigenvalue weighted by Gasteiger charge is 2.33. The number of carbonyl (C=O) groups is 1. The highest BCUT2D eigenvalue weighted by Crippen LogP contribution is 2.27. The molecule has 1 saturated heterocycles. The number of anilines is 1. The van der Waals surface area contributed by atoms with Gasteiger partial charge in [0.25, 0.3) is 0 Å². The number of benzene rings is 1. The maximum Gasteiger partial charge on any atom is 0.323 e. The number of amides is 2. The van der Waals surface area contributed by atoms with Crippen LogP contribution in [0.15, 0.2) is 30.3 Å². The molecule has 2 aromatic rings. The van der Waals surface area contributed by atoms with E-state index in [9.17, 15) is 9.90 Å². The van der Waals surface area contributed by atoms with Gasteiger partial charge in [0.1, 0.15) is 0 Å². The minimum atomic E-state index is -0.776. The lowest BCUT2D eigenvalue weighted by Gasteiger charge is -2.38. The Kier molecular flexibility index (Phi) is 4.82. The Labute approximate surface area is 145 Å². The number of piperidine rings is 1. The van der Waals surface area contributed by atoms with Crippen molar-refractivity contribution in [1.29, 1.82) is 0 Å². The summed E-state index contributed by atoms with van der Waals surface area (Å²) in [6.07, 6.45) is 1.83. The van der Waals surface area contributed by atoms with Gasteiger partial charge in [-0.05, 0) is 26.7 Å². The van der Waals surface area contributed by atoms with E-state index in [-0.39, 0.29) is 11.9 Å². The van der Waals surface area contributed by atoms with Crippen LogP contribution in [0, 0.1) is 5.92 Å². The van der Waals surface area contributed by atoms with E-state index in [1.54, 1.807) is 18.7 Å². The van der Waals surface area contributed by atoms with Crippen molar-refractivity contribution in [3.8, 4) is 11.4 Å². The van der Waals surface area contributed by atoms with Crippen LogP contribution >= 0.6 is 11.5 Å². The van der Waals surface area contributed by atoms with Crippen LogP contribution in [-0.2, 0) is 0 Å². The van der Waals surface area contributed by atoms with E-state index in [0.29, 0.717) is 24.0 Å². The van der Waals surface area contributed by atoms with Crippen molar-refractivity contribution in [2.45, 2.75) is 32.3 Å². The second kappa shape index (κ2) is 6.86.